The minimum atomic E-state index is -0.613. The lowest BCUT2D eigenvalue weighted by atomic mass is 9.75. The molecule has 0 spiro atoms. The van der Waals surface area contributed by atoms with Crippen LogP contribution in [0.2, 0.25) is 0 Å². The maximum absolute atomic E-state index is 10.2. The third-order valence-electron chi connectivity index (χ3n) is 13.6. The van der Waals surface area contributed by atoms with Gasteiger partial charge >= 0.3 is 0 Å². The number of aryl methyl sites for hydroxylation is 2. The van der Waals surface area contributed by atoms with Gasteiger partial charge < -0.3 is 81.7 Å². The third-order valence-corrected chi connectivity index (χ3v) is 13.6. The van der Waals surface area contributed by atoms with Gasteiger partial charge in [-0.15, -0.1) is 0 Å². The van der Waals surface area contributed by atoms with E-state index in [9.17, 15) is 81.7 Å². The molecular weight excluding hydrogens is 977 g/mol. The lowest BCUT2D eigenvalue weighted by Gasteiger charge is -2.29. The van der Waals surface area contributed by atoms with Gasteiger partial charge in [-0.05, 0) is 217 Å². The molecule has 0 unspecified atom stereocenters. The van der Waals surface area contributed by atoms with Crippen molar-refractivity contribution in [2.75, 3.05) is 0 Å². The van der Waals surface area contributed by atoms with E-state index in [-0.39, 0.29) is 46.7 Å². The molecule has 16 heteroatoms. The predicted molar refractivity (Wildman–Crippen MR) is 282 cm³/mol. The molecule has 76 heavy (non-hydrogen) atoms. The van der Waals surface area contributed by atoms with Crippen molar-refractivity contribution >= 4 is 0 Å². The number of hydrogen-bond acceptors (Lipinski definition) is 16. The molecule has 8 aromatic carbocycles. The molecule has 16 nitrogen and oxygen atoms in total. The first kappa shape index (κ1) is 54.3. The van der Waals surface area contributed by atoms with Gasteiger partial charge in [-0.2, -0.15) is 0 Å². The van der Waals surface area contributed by atoms with Crippen molar-refractivity contribution in [1.82, 2.24) is 0 Å². The maximum Gasteiger partial charge on any atom is 0.200 e. The van der Waals surface area contributed by atoms with Gasteiger partial charge in [0.25, 0.3) is 0 Å². The SMILES string of the molecule is Oc1cccc(CC[C@@H](Cc2cc(O)c(O)c(O)c2)[C@H](Cc2cc(O)c(O)c(O)c2)c2cccc(O)c2)c1.Oc1cccc(CC[C@H](Cc2cc(O)c(O)c(O)c2)[C@@H](Cc2cc(O)c(O)c(O)c2)c2cccc(O)c2)c1. The van der Waals surface area contributed by atoms with Crippen LogP contribution >= 0.6 is 0 Å². The van der Waals surface area contributed by atoms with E-state index >= 15 is 0 Å². The first-order valence-electron chi connectivity index (χ1n) is 24.3. The van der Waals surface area contributed by atoms with Crippen LogP contribution in [0.1, 0.15) is 69.2 Å². The van der Waals surface area contributed by atoms with E-state index in [1.807, 2.05) is 24.3 Å². The number of benzene rings is 8. The molecule has 0 bridgehead atoms. The smallest absolute Gasteiger partial charge is 0.200 e. The minimum absolute atomic E-state index is 0.0653. The molecule has 0 heterocycles. The standard InChI is InChI=1S/2C30H30O8/c2*31-22-5-1-3-17(10-22)7-8-21(9-18-12-25(33)29(37)26(34)13-18)24(20-4-2-6-23(32)16-20)11-19-14-27(35)30(38)28(36)15-19/h2*1-6,10,12-16,21,24,31-38H,7-9,11H2/t2*21-,24+/m10/s1. The van der Waals surface area contributed by atoms with E-state index in [0.29, 0.717) is 73.6 Å². The van der Waals surface area contributed by atoms with Crippen LogP contribution < -0.4 is 0 Å². The van der Waals surface area contributed by atoms with Gasteiger partial charge in [0.2, 0.25) is 0 Å². The van der Waals surface area contributed by atoms with Gasteiger partial charge in [0.1, 0.15) is 23.0 Å². The Morgan fingerprint density at radius 1 is 0.250 bits per heavy atom. The molecule has 8 aromatic rings. The number of phenols is 16. The second kappa shape index (κ2) is 24.1. The summed E-state index contributed by atoms with van der Waals surface area (Å²) in [6.45, 7) is 0. The summed E-state index contributed by atoms with van der Waals surface area (Å²) in [4.78, 5) is 0. The fourth-order valence-electron chi connectivity index (χ4n) is 9.87. The zero-order valence-corrected chi connectivity index (χ0v) is 41.0. The highest BCUT2D eigenvalue weighted by Crippen LogP contribution is 2.45. The van der Waals surface area contributed by atoms with E-state index in [2.05, 4.69) is 0 Å². The lowest BCUT2D eigenvalue weighted by Crippen LogP contribution is -2.19. The van der Waals surface area contributed by atoms with E-state index in [4.69, 9.17) is 0 Å². The van der Waals surface area contributed by atoms with Crippen LogP contribution in [-0.2, 0) is 38.5 Å². The second-order valence-electron chi connectivity index (χ2n) is 19.1. The molecule has 0 saturated heterocycles. The number of hydrogen-bond donors (Lipinski definition) is 16. The highest BCUT2D eigenvalue weighted by Gasteiger charge is 2.29. The van der Waals surface area contributed by atoms with Gasteiger partial charge in [0.15, 0.2) is 69.0 Å². The summed E-state index contributed by atoms with van der Waals surface area (Å²) in [5, 5.41) is 160. The van der Waals surface area contributed by atoms with Crippen LogP contribution in [0.5, 0.6) is 92.0 Å². The molecule has 0 saturated carbocycles. The largest absolute Gasteiger partial charge is 0.508 e. The Morgan fingerprint density at radius 3 is 0.763 bits per heavy atom. The summed E-state index contributed by atoms with van der Waals surface area (Å²) < 4.78 is 0. The molecule has 0 aliphatic heterocycles. The molecule has 0 aliphatic carbocycles. The van der Waals surface area contributed by atoms with Crippen LogP contribution in [0.15, 0.2) is 146 Å². The van der Waals surface area contributed by atoms with Gasteiger partial charge in [-0.1, -0.05) is 48.5 Å². The molecule has 4 atom stereocenters. The van der Waals surface area contributed by atoms with E-state index < -0.39 is 69.0 Å². The minimum Gasteiger partial charge on any atom is -0.508 e. The summed E-state index contributed by atoms with van der Waals surface area (Å²) in [5.41, 5.74) is 5.60. The Bertz CT molecular complexity index is 2990. The molecule has 0 aromatic heterocycles. The van der Waals surface area contributed by atoms with Crippen LogP contribution in [0, 0.1) is 11.8 Å². The highest BCUT2D eigenvalue weighted by atomic mass is 16.3. The maximum atomic E-state index is 10.2. The third kappa shape index (κ3) is 14.0. The molecule has 0 fully saturated rings. The van der Waals surface area contributed by atoms with Crippen molar-refractivity contribution < 1.29 is 81.7 Å². The van der Waals surface area contributed by atoms with Crippen LogP contribution in [-0.4, -0.2) is 81.7 Å². The summed E-state index contributed by atoms with van der Waals surface area (Å²) in [5.74, 6) is -6.60. The van der Waals surface area contributed by atoms with Crippen molar-refractivity contribution in [3.63, 3.8) is 0 Å². The van der Waals surface area contributed by atoms with Crippen molar-refractivity contribution in [2.45, 2.75) is 63.2 Å². The first-order chi connectivity index (χ1) is 36.2. The summed E-state index contributed by atoms with van der Waals surface area (Å²) in [6, 6.07) is 38.4. The summed E-state index contributed by atoms with van der Waals surface area (Å²) >= 11 is 0. The number of phenolic OH excluding ortho intramolecular Hbond substituents is 16. The van der Waals surface area contributed by atoms with Crippen molar-refractivity contribution in [3.05, 3.63) is 190 Å². The average Bonchev–Trinajstić information content (AvgIpc) is 3.37. The monoisotopic (exact) mass is 1040 g/mol. The predicted octanol–water partition coefficient (Wildman–Crippen LogP) is 10.3. The fraction of sp³-hybridized carbons (Fsp3) is 0.200. The Morgan fingerprint density at radius 2 is 0.500 bits per heavy atom. The molecule has 8 rings (SSSR count). The molecular formula is C60H60O16. The molecule has 0 aliphatic rings. The quantitative estimate of drug-likeness (QED) is 0.0355. The van der Waals surface area contributed by atoms with Crippen molar-refractivity contribution in [1.29, 1.82) is 0 Å². The van der Waals surface area contributed by atoms with Gasteiger partial charge in [-0.3, -0.25) is 0 Å². The van der Waals surface area contributed by atoms with Crippen LogP contribution in [0.4, 0.5) is 0 Å². The fourth-order valence-corrected chi connectivity index (χ4v) is 9.87. The summed E-state index contributed by atoms with van der Waals surface area (Å²) in [7, 11) is 0. The van der Waals surface area contributed by atoms with E-state index in [1.165, 1.54) is 48.5 Å². The van der Waals surface area contributed by atoms with Crippen LogP contribution in [0.25, 0.3) is 0 Å². The van der Waals surface area contributed by atoms with Gasteiger partial charge in [0.05, 0.1) is 0 Å². The van der Waals surface area contributed by atoms with Gasteiger partial charge in [0, 0.05) is 0 Å². The number of aromatic hydroxyl groups is 16. The Kier molecular flexibility index (Phi) is 17.2. The Labute approximate surface area is 437 Å². The highest BCUT2D eigenvalue weighted by molar-refractivity contribution is 5.54. The zero-order valence-electron chi connectivity index (χ0n) is 41.0. The van der Waals surface area contributed by atoms with Crippen molar-refractivity contribution in [3.8, 4) is 92.0 Å². The first-order valence-corrected chi connectivity index (χ1v) is 24.3. The lowest BCUT2D eigenvalue weighted by molar-refractivity contribution is 0.359. The molecule has 0 amide bonds. The normalized spacial score (nSPS) is 12.7. The molecule has 16 N–H and O–H groups in total. The van der Waals surface area contributed by atoms with Gasteiger partial charge in [-0.25, -0.2) is 0 Å². The van der Waals surface area contributed by atoms with E-state index in [0.717, 1.165) is 22.3 Å². The Balaban J connectivity index is 0.000000221. The topological polar surface area (TPSA) is 324 Å². The summed E-state index contributed by atoms with van der Waals surface area (Å²) in [6.07, 6.45) is 3.67. The van der Waals surface area contributed by atoms with Crippen LogP contribution in [0.3, 0.4) is 0 Å². The molecule has 396 valence electrons. The van der Waals surface area contributed by atoms with E-state index in [1.54, 1.807) is 72.8 Å². The zero-order chi connectivity index (χ0) is 54.8. The van der Waals surface area contributed by atoms with Crippen molar-refractivity contribution in [2.24, 2.45) is 11.8 Å². The molecule has 0 radical (unpaired) electrons. The Hall–Kier alpha value is -9.44. The second-order valence-corrected chi connectivity index (χ2v) is 19.1. The number of rotatable bonds is 18. The average molecular weight is 1040 g/mol.